The van der Waals surface area contributed by atoms with Gasteiger partial charge in [0, 0.05) is 49.9 Å². The van der Waals surface area contributed by atoms with Crippen molar-refractivity contribution in [2.45, 2.75) is 13.3 Å². The van der Waals surface area contributed by atoms with Gasteiger partial charge in [-0.25, -0.2) is 4.79 Å². The number of rotatable bonds is 2. The number of nitrogens with zero attached hydrogens (tertiary/aromatic N) is 3. The van der Waals surface area contributed by atoms with Crippen molar-refractivity contribution in [3.8, 4) is 5.75 Å². The fourth-order valence-electron chi connectivity index (χ4n) is 3.66. The molecule has 0 spiro atoms. The standard InChI is InChI=1S/C18H22ClN3O2S/c1-12-10-25-17-15(24-18(23)21-7-5-20(2)6-8-21)9-14-13(16(12)17)3-4-22(14)11-19/h9-10H,3-8,11H2,1-2H3. The average Bonchev–Trinajstić information content (AvgIpc) is 3.19. The summed E-state index contributed by atoms with van der Waals surface area (Å²) in [6.45, 7) is 6.22. The molecule has 0 unspecified atom stereocenters. The lowest BCUT2D eigenvalue weighted by Gasteiger charge is -2.31. The van der Waals surface area contributed by atoms with Crippen LogP contribution < -0.4 is 9.64 Å². The molecule has 2 aliphatic heterocycles. The van der Waals surface area contributed by atoms with Gasteiger partial charge in [0.1, 0.15) is 0 Å². The molecule has 0 saturated carbocycles. The maximum atomic E-state index is 12.6. The molecule has 0 bridgehead atoms. The summed E-state index contributed by atoms with van der Waals surface area (Å²) in [5.41, 5.74) is 3.67. The summed E-state index contributed by atoms with van der Waals surface area (Å²) in [4.78, 5) is 18.8. The summed E-state index contributed by atoms with van der Waals surface area (Å²) < 4.78 is 6.91. The van der Waals surface area contributed by atoms with Crippen LogP contribution in [0.3, 0.4) is 0 Å². The van der Waals surface area contributed by atoms with Gasteiger partial charge < -0.3 is 19.4 Å². The number of thiophene rings is 1. The highest BCUT2D eigenvalue weighted by atomic mass is 35.5. The Morgan fingerprint density at radius 1 is 1.28 bits per heavy atom. The number of piperazine rings is 1. The van der Waals surface area contributed by atoms with E-state index in [2.05, 4.69) is 29.2 Å². The van der Waals surface area contributed by atoms with Crippen molar-refractivity contribution in [1.29, 1.82) is 0 Å². The van der Waals surface area contributed by atoms with E-state index < -0.39 is 0 Å². The van der Waals surface area contributed by atoms with E-state index in [9.17, 15) is 4.79 Å². The predicted octanol–water partition coefficient (Wildman–Crippen LogP) is 3.51. The van der Waals surface area contributed by atoms with Gasteiger partial charge in [-0.15, -0.1) is 22.9 Å². The van der Waals surface area contributed by atoms with E-state index in [0.717, 1.165) is 36.4 Å². The van der Waals surface area contributed by atoms with Crippen LogP contribution in [0, 0.1) is 6.92 Å². The molecular formula is C18H22ClN3O2S. The van der Waals surface area contributed by atoms with E-state index in [0.29, 0.717) is 24.8 Å². The molecule has 25 heavy (non-hydrogen) atoms. The zero-order chi connectivity index (χ0) is 17.6. The van der Waals surface area contributed by atoms with Crippen LogP contribution in [0.5, 0.6) is 5.75 Å². The van der Waals surface area contributed by atoms with E-state index in [4.69, 9.17) is 16.3 Å². The number of ether oxygens (including phenoxy) is 1. The van der Waals surface area contributed by atoms with Gasteiger partial charge in [0.05, 0.1) is 10.7 Å². The third-order valence-corrected chi connectivity index (χ3v) is 6.55. The topological polar surface area (TPSA) is 36.0 Å². The Hall–Kier alpha value is -1.50. The normalized spacial score (nSPS) is 18.0. The monoisotopic (exact) mass is 379 g/mol. The first-order valence-corrected chi connectivity index (χ1v) is 10.00. The lowest BCUT2D eigenvalue weighted by molar-refractivity contribution is 0.121. The molecule has 1 fully saturated rings. The fourth-order valence-corrected chi connectivity index (χ4v) is 4.94. The van der Waals surface area contributed by atoms with Crippen molar-refractivity contribution in [2.75, 3.05) is 50.7 Å². The maximum absolute atomic E-state index is 12.6. The molecule has 134 valence electrons. The Labute approximate surface area is 156 Å². The second kappa shape index (κ2) is 6.67. The Kier molecular flexibility index (Phi) is 4.52. The molecule has 7 heteroatoms. The van der Waals surface area contributed by atoms with Gasteiger partial charge >= 0.3 is 6.09 Å². The van der Waals surface area contributed by atoms with Crippen LogP contribution >= 0.6 is 22.9 Å². The molecule has 1 amide bonds. The minimum Gasteiger partial charge on any atom is -0.409 e. The molecule has 0 radical (unpaired) electrons. The quantitative estimate of drug-likeness (QED) is 0.591. The Bertz CT molecular complexity index is 814. The smallest absolute Gasteiger partial charge is 0.409 e. The molecule has 0 N–H and O–H groups in total. The van der Waals surface area contributed by atoms with Crippen molar-refractivity contribution in [3.63, 3.8) is 0 Å². The maximum Gasteiger partial charge on any atom is 0.415 e. The molecule has 3 heterocycles. The van der Waals surface area contributed by atoms with E-state index >= 15 is 0 Å². The van der Waals surface area contributed by atoms with Gasteiger partial charge in [0.2, 0.25) is 0 Å². The van der Waals surface area contributed by atoms with E-state index in [1.807, 2.05) is 6.07 Å². The first kappa shape index (κ1) is 16.9. The predicted molar refractivity (Wildman–Crippen MR) is 103 cm³/mol. The van der Waals surface area contributed by atoms with Crippen LogP contribution in [0.2, 0.25) is 0 Å². The van der Waals surface area contributed by atoms with E-state index in [1.165, 1.54) is 16.5 Å². The number of halogens is 1. The molecule has 4 rings (SSSR count). The molecular weight excluding hydrogens is 358 g/mol. The number of carbonyl (C=O) groups excluding carboxylic acids is 1. The van der Waals surface area contributed by atoms with Crippen LogP contribution in [-0.4, -0.2) is 61.7 Å². The molecule has 1 aromatic carbocycles. The molecule has 1 aromatic heterocycles. The van der Waals surface area contributed by atoms with Crippen LogP contribution in [0.15, 0.2) is 11.4 Å². The number of aryl methyl sites for hydroxylation is 1. The molecule has 2 aromatic rings. The number of hydrogen-bond acceptors (Lipinski definition) is 5. The SMILES string of the molecule is Cc1csc2c(OC(=O)N3CCN(C)CC3)cc3c(c12)CCN3CCl. The number of alkyl halides is 1. The summed E-state index contributed by atoms with van der Waals surface area (Å²) in [7, 11) is 2.07. The molecule has 0 atom stereocenters. The molecule has 1 saturated heterocycles. The summed E-state index contributed by atoms with van der Waals surface area (Å²) in [6.07, 6.45) is 0.735. The van der Waals surface area contributed by atoms with E-state index in [-0.39, 0.29) is 6.09 Å². The lowest BCUT2D eigenvalue weighted by Crippen LogP contribution is -2.48. The van der Waals surface area contributed by atoms with Gasteiger partial charge in [0.25, 0.3) is 0 Å². The second-order valence-corrected chi connectivity index (χ2v) is 7.91. The van der Waals surface area contributed by atoms with Gasteiger partial charge in [0.15, 0.2) is 5.75 Å². The van der Waals surface area contributed by atoms with Gasteiger partial charge in [-0.2, -0.15) is 0 Å². The van der Waals surface area contributed by atoms with Crippen LogP contribution in [0.1, 0.15) is 11.1 Å². The third-order valence-electron chi connectivity index (χ3n) is 5.15. The first-order chi connectivity index (χ1) is 12.1. The summed E-state index contributed by atoms with van der Waals surface area (Å²) in [5.74, 6) is 0.660. The van der Waals surface area contributed by atoms with Crippen molar-refractivity contribution in [1.82, 2.24) is 9.80 Å². The first-order valence-electron chi connectivity index (χ1n) is 8.58. The van der Waals surface area contributed by atoms with Gasteiger partial charge in [-0.1, -0.05) is 0 Å². The third kappa shape index (κ3) is 2.96. The number of carbonyl (C=O) groups is 1. The lowest BCUT2D eigenvalue weighted by atomic mass is 10.0. The van der Waals surface area contributed by atoms with Crippen molar-refractivity contribution < 1.29 is 9.53 Å². The van der Waals surface area contributed by atoms with Crippen molar-refractivity contribution in [2.24, 2.45) is 0 Å². The van der Waals surface area contributed by atoms with Crippen molar-refractivity contribution in [3.05, 3.63) is 22.6 Å². The Morgan fingerprint density at radius 3 is 2.76 bits per heavy atom. The zero-order valence-electron chi connectivity index (χ0n) is 14.5. The number of benzene rings is 1. The highest BCUT2D eigenvalue weighted by Crippen LogP contribution is 2.44. The average molecular weight is 380 g/mol. The fraction of sp³-hybridized carbons (Fsp3) is 0.500. The van der Waals surface area contributed by atoms with Crippen LogP contribution in [-0.2, 0) is 6.42 Å². The molecule has 2 aliphatic rings. The minimum atomic E-state index is -0.254. The molecule has 5 nitrogen and oxygen atoms in total. The number of fused-ring (bicyclic) bond motifs is 3. The molecule has 0 aliphatic carbocycles. The number of anilines is 1. The number of amides is 1. The minimum absolute atomic E-state index is 0.254. The van der Waals surface area contributed by atoms with Crippen LogP contribution in [0.25, 0.3) is 10.1 Å². The summed E-state index contributed by atoms with van der Waals surface area (Å²) in [5, 5.41) is 3.37. The Balaban J connectivity index is 1.68. The van der Waals surface area contributed by atoms with Crippen molar-refractivity contribution >= 4 is 44.8 Å². The number of hydrogen-bond donors (Lipinski definition) is 0. The number of likely N-dealkylation sites (N-methyl/N-ethyl adjacent to an activating group) is 1. The van der Waals surface area contributed by atoms with Gasteiger partial charge in [-0.05, 0) is 36.9 Å². The largest absolute Gasteiger partial charge is 0.415 e. The highest BCUT2D eigenvalue weighted by Gasteiger charge is 2.27. The summed E-state index contributed by atoms with van der Waals surface area (Å²) >= 11 is 7.75. The highest BCUT2D eigenvalue weighted by molar-refractivity contribution is 7.17. The van der Waals surface area contributed by atoms with Crippen LogP contribution in [0.4, 0.5) is 10.5 Å². The van der Waals surface area contributed by atoms with Gasteiger partial charge in [-0.3, -0.25) is 0 Å². The van der Waals surface area contributed by atoms with E-state index in [1.54, 1.807) is 16.2 Å². The second-order valence-electron chi connectivity index (χ2n) is 6.79. The Morgan fingerprint density at radius 2 is 2.04 bits per heavy atom. The zero-order valence-corrected chi connectivity index (χ0v) is 16.1. The summed E-state index contributed by atoms with van der Waals surface area (Å²) in [6, 6.07) is 2.45.